The number of halogens is 1. The summed E-state index contributed by atoms with van der Waals surface area (Å²) >= 11 is 0. The number of aromatic nitrogens is 2. The van der Waals surface area contributed by atoms with E-state index in [1.165, 1.54) is 23.3 Å². The van der Waals surface area contributed by atoms with E-state index in [9.17, 15) is 9.18 Å². The zero-order valence-corrected chi connectivity index (χ0v) is 20.8. The summed E-state index contributed by atoms with van der Waals surface area (Å²) < 4.78 is 16.2. The van der Waals surface area contributed by atoms with Crippen molar-refractivity contribution in [1.29, 1.82) is 0 Å². The highest BCUT2D eigenvalue weighted by molar-refractivity contribution is 5.77. The van der Waals surface area contributed by atoms with Crippen LogP contribution in [0.1, 0.15) is 52.6 Å². The lowest BCUT2D eigenvalue weighted by Crippen LogP contribution is -2.28. The van der Waals surface area contributed by atoms with Gasteiger partial charge in [-0.05, 0) is 53.8 Å². The van der Waals surface area contributed by atoms with Crippen molar-refractivity contribution in [3.8, 4) is 0 Å². The first-order valence-corrected chi connectivity index (χ1v) is 12.6. The first-order chi connectivity index (χ1) is 18.1. The van der Waals surface area contributed by atoms with E-state index in [0.29, 0.717) is 6.54 Å². The van der Waals surface area contributed by atoms with Gasteiger partial charge in [-0.25, -0.2) is 9.37 Å². The van der Waals surface area contributed by atoms with Gasteiger partial charge in [-0.15, -0.1) is 0 Å². The van der Waals surface area contributed by atoms with Crippen LogP contribution in [0.2, 0.25) is 0 Å². The van der Waals surface area contributed by atoms with Gasteiger partial charge in [-0.2, -0.15) is 0 Å². The molecule has 2 aromatic heterocycles. The molecule has 0 saturated heterocycles. The van der Waals surface area contributed by atoms with Crippen LogP contribution < -0.4 is 5.32 Å². The highest BCUT2D eigenvalue weighted by atomic mass is 19.1. The Morgan fingerprint density at radius 2 is 1.54 bits per heavy atom. The smallest absolute Gasteiger partial charge is 0.221 e. The van der Waals surface area contributed by atoms with Crippen molar-refractivity contribution in [1.82, 2.24) is 14.7 Å². The number of hydrogen-bond acceptors (Lipinski definition) is 2. The van der Waals surface area contributed by atoms with Crippen LogP contribution in [0.25, 0.3) is 5.65 Å². The third-order valence-electron chi connectivity index (χ3n) is 6.92. The standard InChI is InChI=1S/C32H30FN3O/c1-23-10-9-19-36-30(22-35-32(23)36)29(26-15-8-16-27(33)20-26)21-31(37)34-18-17-28(24-11-4-2-5-12-24)25-13-6-3-7-14-25/h2-16,19-20,22,28-29H,17-18,21H2,1H3,(H,34,37). The van der Waals surface area contributed by atoms with E-state index in [0.717, 1.165) is 28.9 Å². The molecule has 0 aliphatic heterocycles. The number of rotatable bonds is 9. The molecule has 1 N–H and O–H groups in total. The maximum Gasteiger partial charge on any atom is 0.221 e. The highest BCUT2D eigenvalue weighted by Gasteiger charge is 2.23. The average Bonchev–Trinajstić information content (AvgIpc) is 3.36. The zero-order valence-electron chi connectivity index (χ0n) is 20.8. The summed E-state index contributed by atoms with van der Waals surface area (Å²) in [6.45, 7) is 2.54. The van der Waals surface area contributed by atoms with E-state index >= 15 is 0 Å². The van der Waals surface area contributed by atoms with Gasteiger partial charge in [0.2, 0.25) is 5.91 Å². The van der Waals surface area contributed by atoms with Crippen LogP contribution in [0.15, 0.2) is 109 Å². The van der Waals surface area contributed by atoms with Gasteiger partial charge >= 0.3 is 0 Å². The second kappa shape index (κ2) is 11.2. The SMILES string of the molecule is Cc1cccn2c(C(CC(=O)NCCC(c3ccccc3)c3ccccc3)c3cccc(F)c3)cnc12. The van der Waals surface area contributed by atoms with Crippen molar-refractivity contribution < 1.29 is 9.18 Å². The second-order valence-corrected chi connectivity index (χ2v) is 9.39. The number of carbonyl (C=O) groups excluding carboxylic acids is 1. The first-order valence-electron chi connectivity index (χ1n) is 12.6. The molecule has 5 aromatic rings. The van der Waals surface area contributed by atoms with Gasteiger partial charge in [0.15, 0.2) is 0 Å². The molecular formula is C32H30FN3O. The van der Waals surface area contributed by atoms with E-state index in [4.69, 9.17) is 0 Å². The number of nitrogens with one attached hydrogen (secondary N) is 1. The van der Waals surface area contributed by atoms with E-state index < -0.39 is 0 Å². The number of hydrogen-bond donors (Lipinski definition) is 1. The van der Waals surface area contributed by atoms with Gasteiger partial charge in [0, 0.05) is 37.2 Å². The molecule has 3 aromatic carbocycles. The Labute approximate surface area is 216 Å². The van der Waals surface area contributed by atoms with Crippen molar-refractivity contribution in [3.63, 3.8) is 0 Å². The normalized spacial score (nSPS) is 12.1. The van der Waals surface area contributed by atoms with Gasteiger partial charge in [0.05, 0.1) is 5.69 Å². The fourth-order valence-electron chi connectivity index (χ4n) is 5.05. The number of amides is 1. The molecule has 186 valence electrons. The van der Waals surface area contributed by atoms with Gasteiger partial charge < -0.3 is 9.72 Å². The molecule has 0 aliphatic rings. The molecule has 0 radical (unpaired) electrons. The number of nitrogens with zero attached hydrogens (tertiary/aromatic N) is 2. The number of pyridine rings is 1. The highest BCUT2D eigenvalue weighted by Crippen LogP contribution is 2.30. The fraction of sp³-hybridized carbons (Fsp3) is 0.188. The third kappa shape index (κ3) is 5.61. The molecule has 2 heterocycles. The molecule has 5 heteroatoms. The second-order valence-electron chi connectivity index (χ2n) is 9.39. The summed E-state index contributed by atoms with van der Waals surface area (Å²) in [5.41, 5.74) is 5.95. The molecule has 37 heavy (non-hydrogen) atoms. The Bertz CT molecular complexity index is 1440. The lowest BCUT2D eigenvalue weighted by Gasteiger charge is -2.20. The Kier molecular flexibility index (Phi) is 7.41. The van der Waals surface area contributed by atoms with Gasteiger partial charge in [-0.1, -0.05) is 78.9 Å². The summed E-state index contributed by atoms with van der Waals surface area (Å²) in [4.78, 5) is 17.8. The summed E-state index contributed by atoms with van der Waals surface area (Å²) in [7, 11) is 0. The molecule has 0 aliphatic carbocycles. The number of carbonyl (C=O) groups is 1. The van der Waals surface area contributed by atoms with Crippen molar-refractivity contribution in [2.24, 2.45) is 0 Å². The van der Waals surface area contributed by atoms with Crippen LogP contribution in [0.3, 0.4) is 0 Å². The number of aryl methyl sites for hydroxylation is 1. The third-order valence-corrected chi connectivity index (χ3v) is 6.92. The summed E-state index contributed by atoms with van der Waals surface area (Å²) in [5.74, 6) is -0.534. The molecule has 5 rings (SSSR count). The maximum absolute atomic E-state index is 14.2. The largest absolute Gasteiger partial charge is 0.356 e. The monoisotopic (exact) mass is 491 g/mol. The quantitative estimate of drug-likeness (QED) is 0.251. The number of imidazole rings is 1. The van der Waals surface area contributed by atoms with Crippen LogP contribution in [0.5, 0.6) is 0 Å². The van der Waals surface area contributed by atoms with Crippen LogP contribution >= 0.6 is 0 Å². The predicted molar refractivity (Wildman–Crippen MR) is 145 cm³/mol. The predicted octanol–water partition coefficient (Wildman–Crippen LogP) is 6.64. The van der Waals surface area contributed by atoms with Crippen molar-refractivity contribution in [2.45, 2.75) is 31.6 Å². The fourth-order valence-corrected chi connectivity index (χ4v) is 5.05. The van der Waals surface area contributed by atoms with Gasteiger partial charge in [0.1, 0.15) is 11.5 Å². The lowest BCUT2D eigenvalue weighted by atomic mass is 9.88. The van der Waals surface area contributed by atoms with Gasteiger partial charge in [-0.3, -0.25) is 4.79 Å². The zero-order chi connectivity index (χ0) is 25.6. The lowest BCUT2D eigenvalue weighted by molar-refractivity contribution is -0.121. The van der Waals surface area contributed by atoms with Crippen molar-refractivity contribution >= 4 is 11.6 Å². The first kappa shape index (κ1) is 24.4. The molecule has 4 nitrogen and oxygen atoms in total. The van der Waals surface area contributed by atoms with E-state index in [-0.39, 0.29) is 30.0 Å². The van der Waals surface area contributed by atoms with Crippen molar-refractivity contribution in [3.05, 3.63) is 143 Å². The minimum Gasteiger partial charge on any atom is -0.356 e. The Balaban J connectivity index is 1.34. The molecule has 0 fully saturated rings. The van der Waals surface area contributed by atoms with Crippen LogP contribution in [0, 0.1) is 12.7 Å². The minimum atomic E-state index is -0.327. The molecule has 0 bridgehead atoms. The van der Waals surface area contributed by atoms with Crippen molar-refractivity contribution in [2.75, 3.05) is 6.54 Å². The Morgan fingerprint density at radius 1 is 0.865 bits per heavy atom. The van der Waals surface area contributed by atoms with Crippen LogP contribution in [-0.4, -0.2) is 21.8 Å². The number of benzene rings is 3. The van der Waals surface area contributed by atoms with Crippen LogP contribution in [0.4, 0.5) is 4.39 Å². The topological polar surface area (TPSA) is 46.4 Å². The molecule has 1 unspecified atom stereocenters. The molecular weight excluding hydrogens is 461 g/mol. The van der Waals surface area contributed by atoms with E-state index in [2.05, 4.69) is 34.6 Å². The maximum atomic E-state index is 14.2. The molecule has 0 saturated carbocycles. The number of fused-ring (bicyclic) bond motifs is 1. The molecule has 1 atom stereocenters. The minimum absolute atomic E-state index is 0.0725. The van der Waals surface area contributed by atoms with E-state index in [1.54, 1.807) is 12.3 Å². The summed E-state index contributed by atoms with van der Waals surface area (Å²) in [6.07, 6.45) is 4.72. The molecule has 0 spiro atoms. The van der Waals surface area contributed by atoms with Gasteiger partial charge in [0.25, 0.3) is 0 Å². The molecule has 1 amide bonds. The summed E-state index contributed by atoms with van der Waals surface area (Å²) in [6, 6.07) is 31.2. The van der Waals surface area contributed by atoms with E-state index in [1.807, 2.05) is 72.1 Å². The Hall–Kier alpha value is -4.25. The summed E-state index contributed by atoms with van der Waals surface area (Å²) in [5, 5.41) is 3.13. The van der Waals surface area contributed by atoms with Crippen LogP contribution in [-0.2, 0) is 4.79 Å². The average molecular weight is 492 g/mol. The Morgan fingerprint density at radius 3 is 2.22 bits per heavy atom.